The van der Waals surface area contributed by atoms with E-state index in [1.807, 2.05) is 18.2 Å². The van der Waals surface area contributed by atoms with Crippen molar-refractivity contribution < 1.29 is 8.42 Å². The van der Waals surface area contributed by atoms with E-state index >= 15 is 0 Å². The Hall–Kier alpha value is -1.09. The molecule has 6 nitrogen and oxygen atoms in total. The van der Waals surface area contributed by atoms with Gasteiger partial charge in [0.2, 0.25) is 10.0 Å². The molecule has 0 radical (unpaired) electrons. The lowest BCUT2D eigenvalue weighted by molar-refractivity contribution is 0.222. The van der Waals surface area contributed by atoms with E-state index in [-0.39, 0.29) is 5.25 Å². The number of fused-ring (bicyclic) bond motifs is 1. The predicted octanol–water partition coefficient (Wildman–Crippen LogP) is 1.20. The molecule has 0 bridgehead atoms. The van der Waals surface area contributed by atoms with Gasteiger partial charge in [-0.1, -0.05) is 12.1 Å². The van der Waals surface area contributed by atoms with Crippen LogP contribution in [0.15, 0.2) is 18.2 Å². The van der Waals surface area contributed by atoms with Crippen LogP contribution < -0.4 is 4.72 Å². The van der Waals surface area contributed by atoms with Crippen molar-refractivity contribution in [3.8, 4) is 0 Å². The Kier molecular flexibility index (Phi) is 4.21. The van der Waals surface area contributed by atoms with Crippen LogP contribution in [-0.4, -0.2) is 47.5 Å². The summed E-state index contributed by atoms with van der Waals surface area (Å²) in [5, 5.41) is -0.330. The molecule has 21 heavy (non-hydrogen) atoms. The average Bonchev–Trinajstić information content (AvgIpc) is 2.97. The van der Waals surface area contributed by atoms with Gasteiger partial charge in [-0.25, -0.2) is 13.1 Å². The van der Waals surface area contributed by atoms with Gasteiger partial charge in [-0.05, 0) is 38.1 Å². The maximum atomic E-state index is 12.0. The van der Waals surface area contributed by atoms with Crippen LogP contribution in [-0.2, 0) is 16.6 Å². The summed E-state index contributed by atoms with van der Waals surface area (Å²) in [5.74, 6) is 0. The first kappa shape index (κ1) is 14.8. The molecule has 2 aromatic rings. The van der Waals surface area contributed by atoms with Gasteiger partial charge in [0.1, 0.15) is 11.0 Å². The maximum Gasteiger partial charge on any atom is 0.215 e. The molecule has 0 saturated carbocycles. The highest BCUT2D eigenvalue weighted by Crippen LogP contribution is 2.22. The van der Waals surface area contributed by atoms with Crippen LogP contribution in [0.5, 0.6) is 0 Å². The molecular weight excluding hydrogens is 308 g/mol. The second-order valence-electron chi connectivity index (χ2n) is 5.30. The van der Waals surface area contributed by atoms with E-state index < -0.39 is 10.0 Å². The van der Waals surface area contributed by atoms with Crippen molar-refractivity contribution in [2.45, 2.75) is 24.6 Å². The van der Waals surface area contributed by atoms with E-state index in [9.17, 15) is 8.42 Å². The van der Waals surface area contributed by atoms with E-state index in [1.54, 1.807) is 0 Å². The fraction of sp³-hybridized carbons (Fsp3) is 0.538. The van der Waals surface area contributed by atoms with E-state index in [0.29, 0.717) is 6.54 Å². The minimum atomic E-state index is -3.20. The minimum absolute atomic E-state index is 0.330. The second-order valence-corrected chi connectivity index (χ2v) is 7.99. The third kappa shape index (κ3) is 3.08. The van der Waals surface area contributed by atoms with Gasteiger partial charge in [-0.15, -0.1) is 0 Å². The summed E-state index contributed by atoms with van der Waals surface area (Å²) in [6, 6.07) is 5.97. The summed E-state index contributed by atoms with van der Waals surface area (Å²) in [7, 11) is -1.71. The Bertz CT molecular complexity index is 729. The molecule has 0 aliphatic carbocycles. The smallest absolute Gasteiger partial charge is 0.215 e. The number of nitrogens with zero attached hydrogens (tertiary/aromatic N) is 3. The quantitative estimate of drug-likeness (QED) is 0.914. The lowest BCUT2D eigenvalue weighted by Gasteiger charge is -2.32. The molecule has 1 unspecified atom stereocenters. The zero-order valence-electron chi connectivity index (χ0n) is 11.8. The van der Waals surface area contributed by atoms with E-state index in [0.717, 1.165) is 42.5 Å². The number of hydrogen-bond donors (Lipinski definition) is 1. The number of rotatable bonds is 4. The molecule has 1 aromatic carbocycles. The van der Waals surface area contributed by atoms with Gasteiger partial charge in [0, 0.05) is 13.1 Å². The maximum absolute atomic E-state index is 12.0. The average molecular weight is 326 g/mol. The monoisotopic (exact) mass is 326 g/mol. The Balaban J connectivity index is 1.77. The molecule has 1 N–H and O–H groups in total. The molecule has 3 rings (SSSR count). The van der Waals surface area contributed by atoms with Gasteiger partial charge in [-0.3, -0.25) is 4.90 Å². The summed E-state index contributed by atoms with van der Waals surface area (Å²) in [6.07, 6.45) is 1.62. The van der Waals surface area contributed by atoms with E-state index in [2.05, 4.69) is 18.4 Å². The first-order valence-corrected chi connectivity index (χ1v) is 9.22. The summed E-state index contributed by atoms with van der Waals surface area (Å²) >= 11 is 1.21. The predicted molar refractivity (Wildman–Crippen MR) is 83.7 cm³/mol. The van der Waals surface area contributed by atoms with E-state index in [4.69, 9.17) is 0 Å². The summed E-state index contributed by atoms with van der Waals surface area (Å²) < 4.78 is 35.0. The van der Waals surface area contributed by atoms with Crippen LogP contribution in [0.3, 0.4) is 0 Å². The first-order chi connectivity index (χ1) is 10.1. The van der Waals surface area contributed by atoms with Crippen molar-refractivity contribution in [3.63, 3.8) is 0 Å². The molecule has 2 heterocycles. The molecular formula is C13H18N4O2S2. The molecule has 1 atom stereocenters. The van der Waals surface area contributed by atoms with Gasteiger partial charge in [0.05, 0.1) is 17.0 Å². The third-order valence-electron chi connectivity index (χ3n) is 3.95. The number of hydrogen-bond acceptors (Lipinski definition) is 6. The fourth-order valence-electron chi connectivity index (χ4n) is 2.81. The summed E-state index contributed by atoms with van der Waals surface area (Å²) in [5.41, 5.74) is 2.96. The fourth-order valence-corrected chi connectivity index (χ4v) is 4.59. The van der Waals surface area contributed by atoms with Crippen LogP contribution in [0.4, 0.5) is 0 Å². The van der Waals surface area contributed by atoms with Gasteiger partial charge < -0.3 is 0 Å². The first-order valence-electron chi connectivity index (χ1n) is 6.95. The highest BCUT2D eigenvalue weighted by atomic mass is 32.2. The van der Waals surface area contributed by atoms with Crippen LogP contribution in [0.2, 0.25) is 0 Å². The molecule has 1 aromatic heterocycles. The Morgan fingerprint density at radius 2 is 2.29 bits per heavy atom. The highest BCUT2D eigenvalue weighted by molar-refractivity contribution is 7.90. The standard InChI is InChI=1S/C13H18N4O2S2/c1-14-21(18,19)11-5-3-7-17(9-11)8-10-4-2-6-12-13(10)16-20-15-12/h2,4,6,11,14H,3,5,7-9H2,1H3. The van der Waals surface area contributed by atoms with Gasteiger partial charge in [-0.2, -0.15) is 8.75 Å². The SMILES string of the molecule is CNS(=O)(=O)C1CCCN(Cc2cccc3nsnc23)C1. The second kappa shape index (κ2) is 5.96. The van der Waals surface area contributed by atoms with Gasteiger partial charge in [0.15, 0.2) is 0 Å². The van der Waals surface area contributed by atoms with E-state index in [1.165, 1.54) is 18.8 Å². The number of sulfonamides is 1. The molecule has 1 fully saturated rings. The summed E-state index contributed by atoms with van der Waals surface area (Å²) in [4.78, 5) is 2.19. The van der Waals surface area contributed by atoms with Crippen LogP contribution >= 0.6 is 11.7 Å². The van der Waals surface area contributed by atoms with Gasteiger partial charge >= 0.3 is 0 Å². The lowest BCUT2D eigenvalue weighted by Crippen LogP contribution is -2.45. The Labute approximate surface area is 128 Å². The molecule has 1 aliphatic rings. The van der Waals surface area contributed by atoms with Crippen molar-refractivity contribution in [2.75, 3.05) is 20.1 Å². The number of piperidine rings is 1. The zero-order valence-corrected chi connectivity index (χ0v) is 13.5. The zero-order chi connectivity index (χ0) is 14.9. The Morgan fingerprint density at radius 1 is 1.43 bits per heavy atom. The number of aromatic nitrogens is 2. The highest BCUT2D eigenvalue weighted by Gasteiger charge is 2.29. The number of likely N-dealkylation sites (tertiary alicyclic amines) is 1. The van der Waals surface area contributed by atoms with Gasteiger partial charge in [0.25, 0.3) is 0 Å². The number of nitrogens with one attached hydrogen (secondary N) is 1. The topological polar surface area (TPSA) is 75.2 Å². The number of benzene rings is 1. The van der Waals surface area contributed by atoms with Crippen LogP contribution in [0, 0.1) is 0 Å². The van der Waals surface area contributed by atoms with Crippen molar-refractivity contribution in [1.82, 2.24) is 18.4 Å². The lowest BCUT2D eigenvalue weighted by atomic mass is 10.1. The normalized spacial score (nSPS) is 20.9. The van der Waals surface area contributed by atoms with Crippen molar-refractivity contribution in [1.29, 1.82) is 0 Å². The van der Waals surface area contributed by atoms with Crippen molar-refractivity contribution in [2.24, 2.45) is 0 Å². The largest absolute Gasteiger partial charge is 0.298 e. The molecule has 8 heteroatoms. The molecule has 114 valence electrons. The Morgan fingerprint density at radius 3 is 3.10 bits per heavy atom. The molecule has 1 aliphatic heterocycles. The minimum Gasteiger partial charge on any atom is -0.298 e. The molecule has 1 saturated heterocycles. The van der Waals surface area contributed by atoms with Crippen molar-refractivity contribution in [3.05, 3.63) is 23.8 Å². The summed E-state index contributed by atoms with van der Waals surface area (Å²) in [6.45, 7) is 2.21. The van der Waals surface area contributed by atoms with Crippen LogP contribution in [0.1, 0.15) is 18.4 Å². The third-order valence-corrected chi connectivity index (χ3v) is 6.32. The van der Waals surface area contributed by atoms with Crippen LogP contribution in [0.25, 0.3) is 11.0 Å². The molecule has 0 amide bonds. The molecule has 0 spiro atoms. The van der Waals surface area contributed by atoms with Crippen molar-refractivity contribution >= 4 is 32.8 Å².